The van der Waals surface area contributed by atoms with E-state index in [4.69, 9.17) is 16.3 Å². The highest BCUT2D eigenvalue weighted by Gasteiger charge is 2.36. The molecule has 1 aromatic heterocycles. The minimum absolute atomic E-state index is 0.00408. The molecule has 0 radical (unpaired) electrons. The van der Waals surface area contributed by atoms with Crippen molar-refractivity contribution in [2.24, 2.45) is 0 Å². The summed E-state index contributed by atoms with van der Waals surface area (Å²) in [7, 11) is 3.16. The number of carbonyl (C=O) groups excluding carboxylic acids is 2. The number of ether oxygens (including phenoxy) is 1. The van der Waals surface area contributed by atoms with Crippen molar-refractivity contribution in [3.05, 3.63) is 104 Å². The number of fused-ring (bicyclic) bond motifs is 1. The summed E-state index contributed by atoms with van der Waals surface area (Å²) in [5.41, 5.74) is 1.48. The van der Waals surface area contributed by atoms with Crippen LogP contribution in [0, 0.1) is 5.82 Å². The average Bonchev–Trinajstić information content (AvgIpc) is 2.86. The lowest BCUT2D eigenvalue weighted by molar-refractivity contribution is 0.0672. The minimum atomic E-state index is -0.570. The van der Waals surface area contributed by atoms with Gasteiger partial charge in [0.15, 0.2) is 11.4 Å². The Morgan fingerprint density at radius 2 is 1.81 bits per heavy atom. The van der Waals surface area contributed by atoms with E-state index in [1.807, 2.05) is 30.3 Å². The maximum Gasteiger partial charge on any atom is 0.274 e. The van der Waals surface area contributed by atoms with E-state index in [0.29, 0.717) is 11.1 Å². The van der Waals surface area contributed by atoms with Crippen LogP contribution in [0.2, 0.25) is 5.02 Å². The number of rotatable bonds is 7. The lowest BCUT2D eigenvalue weighted by Gasteiger charge is -2.33. The van der Waals surface area contributed by atoms with Gasteiger partial charge in [-0.25, -0.2) is 4.39 Å². The molecule has 0 atom stereocenters. The van der Waals surface area contributed by atoms with Gasteiger partial charge in [-0.1, -0.05) is 54.6 Å². The van der Waals surface area contributed by atoms with E-state index in [1.54, 1.807) is 31.7 Å². The molecule has 0 N–H and O–H groups in total. The first-order chi connectivity index (χ1) is 17.6. The molecule has 37 heavy (non-hydrogen) atoms. The van der Waals surface area contributed by atoms with Gasteiger partial charge in [0, 0.05) is 33.7 Å². The Morgan fingerprint density at radius 3 is 2.43 bits per heavy atom. The van der Waals surface area contributed by atoms with Crippen molar-refractivity contribution >= 4 is 29.0 Å². The molecule has 0 spiro atoms. The summed E-state index contributed by atoms with van der Waals surface area (Å²) in [5, 5.41) is -0.0459. The number of aromatic nitrogens is 1. The quantitative estimate of drug-likeness (QED) is 0.453. The maximum absolute atomic E-state index is 13.8. The second-order valence-corrected chi connectivity index (χ2v) is 9.52. The van der Waals surface area contributed by atoms with Gasteiger partial charge in [0.2, 0.25) is 5.43 Å². The number of halogens is 2. The number of amides is 2. The highest BCUT2D eigenvalue weighted by atomic mass is 35.5. The van der Waals surface area contributed by atoms with Crippen molar-refractivity contribution < 1.29 is 18.7 Å². The molecule has 0 bridgehead atoms. The Morgan fingerprint density at radius 1 is 1.11 bits per heavy atom. The predicted molar refractivity (Wildman–Crippen MR) is 140 cm³/mol. The number of hydrogen-bond acceptors (Lipinski definition) is 4. The molecule has 3 aromatic rings. The molecule has 2 amide bonds. The Balaban J connectivity index is 1.86. The van der Waals surface area contributed by atoms with Crippen molar-refractivity contribution in [1.29, 1.82) is 0 Å². The number of carbonyl (C=O) groups is 2. The van der Waals surface area contributed by atoms with E-state index in [-0.39, 0.29) is 54.0 Å². The smallest absolute Gasteiger partial charge is 0.274 e. The molecule has 0 fully saturated rings. The monoisotopic (exact) mass is 523 g/mol. The third kappa shape index (κ3) is 5.15. The number of pyridine rings is 1. The molecule has 0 aliphatic carbocycles. The summed E-state index contributed by atoms with van der Waals surface area (Å²) in [4.78, 5) is 43.7. The first-order valence-corrected chi connectivity index (χ1v) is 12.1. The number of hydrogen-bond donors (Lipinski definition) is 0. The van der Waals surface area contributed by atoms with Crippen molar-refractivity contribution in [2.75, 3.05) is 20.6 Å². The lowest BCUT2D eigenvalue weighted by atomic mass is 10.0. The van der Waals surface area contributed by atoms with Crippen molar-refractivity contribution in [2.45, 2.75) is 26.6 Å². The summed E-state index contributed by atoms with van der Waals surface area (Å²) < 4.78 is 21.2. The van der Waals surface area contributed by atoms with Gasteiger partial charge in [0.25, 0.3) is 11.8 Å². The minimum Gasteiger partial charge on any atom is -0.483 e. The molecule has 7 nitrogen and oxygen atoms in total. The highest BCUT2D eigenvalue weighted by molar-refractivity contribution is 6.30. The molecule has 1 aliphatic rings. The largest absolute Gasteiger partial charge is 0.483 e. The third-order valence-electron chi connectivity index (χ3n) is 6.13. The van der Waals surface area contributed by atoms with Crippen LogP contribution in [0.3, 0.4) is 0 Å². The molecule has 0 unspecified atom stereocenters. The van der Waals surface area contributed by atoms with Crippen LogP contribution in [0.25, 0.3) is 5.57 Å². The van der Waals surface area contributed by atoms with E-state index < -0.39 is 23.1 Å². The highest BCUT2D eigenvalue weighted by Crippen LogP contribution is 2.29. The zero-order valence-electron chi connectivity index (χ0n) is 20.9. The van der Waals surface area contributed by atoms with Gasteiger partial charge in [-0.2, -0.15) is 0 Å². The Kier molecular flexibility index (Phi) is 7.50. The number of allylic oxidation sites excluding steroid dienone is 1. The van der Waals surface area contributed by atoms with Crippen molar-refractivity contribution in [3.63, 3.8) is 0 Å². The number of nitrogens with zero attached hydrogens (tertiary/aromatic N) is 3. The summed E-state index contributed by atoms with van der Waals surface area (Å²) in [5.74, 6) is -1.59. The van der Waals surface area contributed by atoms with Crippen molar-refractivity contribution in [1.82, 2.24) is 14.4 Å². The van der Waals surface area contributed by atoms with Crippen LogP contribution in [0.15, 0.2) is 59.9 Å². The topological polar surface area (TPSA) is 71.8 Å². The van der Waals surface area contributed by atoms with Gasteiger partial charge in [0.05, 0.1) is 10.6 Å². The standard InChI is InChI=1S/C28H27ClFN3O4/c1-17(2)22-23(27(35)31(3)4)33-13-12-32(15-19-10-11-21(30)20(29)14-19)28(36)24(33)26(25(22)34)37-16-18-8-6-5-7-9-18/h5-11,14H,1,12-13,15-16H2,2-4H3. The van der Waals surface area contributed by atoms with E-state index in [0.717, 1.165) is 5.56 Å². The molecule has 2 aromatic carbocycles. The van der Waals surface area contributed by atoms with Crippen LogP contribution in [-0.2, 0) is 19.7 Å². The van der Waals surface area contributed by atoms with Crippen molar-refractivity contribution in [3.8, 4) is 5.75 Å². The van der Waals surface area contributed by atoms with E-state index in [2.05, 4.69) is 6.58 Å². The number of benzene rings is 2. The van der Waals surface area contributed by atoms with Gasteiger partial charge < -0.3 is 19.1 Å². The maximum atomic E-state index is 13.8. The van der Waals surface area contributed by atoms with Crippen LogP contribution >= 0.6 is 11.6 Å². The van der Waals surface area contributed by atoms with E-state index in [9.17, 15) is 18.8 Å². The molecule has 9 heteroatoms. The van der Waals surface area contributed by atoms with Gasteiger partial charge in [-0.05, 0) is 35.8 Å². The van der Waals surface area contributed by atoms with Gasteiger partial charge in [-0.3, -0.25) is 14.4 Å². The molecule has 1 aliphatic heterocycles. The molecule has 2 heterocycles. The fourth-order valence-corrected chi connectivity index (χ4v) is 4.51. The molecular formula is C28H27ClFN3O4. The molecular weight excluding hydrogens is 497 g/mol. The zero-order valence-corrected chi connectivity index (χ0v) is 21.6. The van der Waals surface area contributed by atoms with Crippen LogP contribution in [0.5, 0.6) is 5.75 Å². The Bertz CT molecular complexity index is 1450. The first-order valence-electron chi connectivity index (χ1n) is 11.7. The predicted octanol–water partition coefficient (Wildman–Crippen LogP) is 4.61. The van der Waals surface area contributed by atoms with Crippen LogP contribution < -0.4 is 10.2 Å². The zero-order chi connectivity index (χ0) is 26.9. The van der Waals surface area contributed by atoms with Crippen LogP contribution in [0.1, 0.15) is 44.6 Å². The summed E-state index contributed by atoms with van der Waals surface area (Å²) in [6.45, 7) is 6.27. The van der Waals surface area contributed by atoms with Crippen LogP contribution in [0.4, 0.5) is 4.39 Å². The Hall–Kier alpha value is -3.91. The van der Waals surface area contributed by atoms with E-state index >= 15 is 0 Å². The SMILES string of the molecule is C=C(C)c1c(C(=O)N(C)C)n2c(c(OCc3ccccc3)c1=O)C(=O)N(Cc1ccc(F)c(Cl)c1)CC2. The molecule has 4 rings (SSSR count). The van der Waals surface area contributed by atoms with Crippen LogP contribution in [-0.4, -0.2) is 46.8 Å². The second-order valence-electron chi connectivity index (χ2n) is 9.11. The van der Waals surface area contributed by atoms with Gasteiger partial charge >= 0.3 is 0 Å². The lowest BCUT2D eigenvalue weighted by Crippen LogP contribution is -2.45. The molecule has 0 saturated heterocycles. The summed E-state index contributed by atoms with van der Waals surface area (Å²) >= 11 is 5.93. The fraction of sp³-hybridized carbons (Fsp3) is 0.250. The summed E-state index contributed by atoms with van der Waals surface area (Å²) in [6, 6.07) is 13.5. The normalized spacial score (nSPS) is 12.8. The Labute approximate surface area is 219 Å². The fourth-order valence-electron chi connectivity index (χ4n) is 4.31. The van der Waals surface area contributed by atoms with Gasteiger partial charge in [0.1, 0.15) is 18.1 Å². The summed E-state index contributed by atoms with van der Waals surface area (Å²) in [6.07, 6.45) is 0. The molecule has 0 saturated carbocycles. The van der Waals surface area contributed by atoms with Gasteiger partial charge in [-0.15, -0.1) is 0 Å². The second kappa shape index (κ2) is 10.6. The third-order valence-corrected chi connectivity index (χ3v) is 6.42. The first kappa shape index (κ1) is 26.2. The average molecular weight is 524 g/mol. The van der Waals surface area contributed by atoms with E-state index in [1.165, 1.54) is 21.9 Å². The molecule has 192 valence electrons.